The van der Waals surface area contributed by atoms with Crippen molar-refractivity contribution in [2.45, 2.75) is 0 Å². The molecule has 0 heterocycles. The number of hydrogen-bond donors (Lipinski definition) is 2. The third-order valence-corrected chi connectivity index (χ3v) is 2.68. The van der Waals surface area contributed by atoms with E-state index in [4.69, 9.17) is 9.11 Å². The molecule has 0 amide bonds. The summed E-state index contributed by atoms with van der Waals surface area (Å²) >= 11 is 0. The second kappa shape index (κ2) is 6.84. The van der Waals surface area contributed by atoms with Gasteiger partial charge in [0.2, 0.25) is 5.08 Å². The Labute approximate surface area is 129 Å². The summed E-state index contributed by atoms with van der Waals surface area (Å²) in [6.45, 7) is 0. The molecule has 10 heteroatoms. The van der Waals surface area contributed by atoms with Crippen molar-refractivity contribution in [2.24, 2.45) is 0 Å². The van der Waals surface area contributed by atoms with Crippen LogP contribution in [-0.2, 0) is 20.2 Å². The third kappa shape index (κ3) is 19.0. The van der Waals surface area contributed by atoms with Gasteiger partial charge in [-0.3, -0.25) is 9.11 Å². The van der Waals surface area contributed by atoms with E-state index in [0.717, 1.165) is 0 Å². The average Bonchev–Trinajstić information content (AvgIpc) is 1.14. The standard InChI is InChI=1S/CH4O6S2.K.Na.2H/c2-8(3,4)1-9(5,6)7;;;;/h1H2,(H,2,3,4)(H,5,6,7);;;;. The molecule has 0 saturated carbocycles. The Hall–Kier alpha value is 2.46. The Morgan fingerprint density at radius 3 is 1.09 bits per heavy atom. The maximum atomic E-state index is 9.66. The van der Waals surface area contributed by atoms with Gasteiger partial charge in [-0.15, -0.1) is 0 Å². The molecule has 0 aromatic heterocycles. The summed E-state index contributed by atoms with van der Waals surface area (Å²) in [6.07, 6.45) is 0. The van der Waals surface area contributed by atoms with Crippen LogP contribution < -0.4 is 0 Å². The number of rotatable bonds is 2. The zero-order valence-electron chi connectivity index (χ0n) is 4.05. The molecule has 0 bridgehead atoms. The maximum absolute atomic E-state index is 9.66. The van der Waals surface area contributed by atoms with Gasteiger partial charge in [0.15, 0.2) is 0 Å². The zero-order valence-corrected chi connectivity index (χ0v) is 5.68. The van der Waals surface area contributed by atoms with E-state index >= 15 is 0 Å². The topological polar surface area (TPSA) is 109 Å². The Morgan fingerprint density at radius 1 is 0.909 bits per heavy atom. The Bertz CT molecular complexity index is 246. The van der Waals surface area contributed by atoms with E-state index in [1.807, 2.05) is 0 Å². The van der Waals surface area contributed by atoms with E-state index in [-0.39, 0.29) is 80.9 Å². The molecule has 11 heavy (non-hydrogen) atoms. The average molecular weight is 240 g/mol. The van der Waals surface area contributed by atoms with Crippen LogP contribution in [0.1, 0.15) is 0 Å². The Kier molecular flexibility index (Phi) is 11.9. The van der Waals surface area contributed by atoms with E-state index in [2.05, 4.69) is 0 Å². The molecule has 0 rings (SSSR count). The van der Waals surface area contributed by atoms with E-state index in [9.17, 15) is 16.8 Å². The summed E-state index contributed by atoms with van der Waals surface area (Å²) in [4.78, 5) is 0. The summed E-state index contributed by atoms with van der Waals surface area (Å²) in [5.41, 5.74) is 0. The van der Waals surface area contributed by atoms with E-state index in [1.165, 1.54) is 0 Å². The molecule has 2 N–H and O–H groups in total. The van der Waals surface area contributed by atoms with Crippen LogP contribution in [0.3, 0.4) is 0 Å². The van der Waals surface area contributed by atoms with E-state index in [0.29, 0.717) is 0 Å². The molecule has 0 saturated heterocycles. The monoisotopic (exact) mass is 240 g/mol. The fourth-order valence-electron chi connectivity index (χ4n) is 0.188. The van der Waals surface area contributed by atoms with E-state index < -0.39 is 25.3 Å². The fourth-order valence-corrected chi connectivity index (χ4v) is 1.69. The van der Waals surface area contributed by atoms with Crippen molar-refractivity contribution in [1.82, 2.24) is 0 Å². The summed E-state index contributed by atoms with van der Waals surface area (Å²) in [5.74, 6) is 0. The van der Waals surface area contributed by atoms with Crippen LogP contribution in [0, 0.1) is 0 Å². The van der Waals surface area contributed by atoms with Crippen LogP contribution in [0.25, 0.3) is 0 Å². The second-order valence-electron chi connectivity index (χ2n) is 1.28. The Morgan fingerprint density at radius 2 is 1.09 bits per heavy atom. The van der Waals surface area contributed by atoms with Crippen LogP contribution in [-0.4, -0.2) is 112 Å². The van der Waals surface area contributed by atoms with Crippen molar-refractivity contribution in [3.63, 3.8) is 0 Å². The SMILES string of the molecule is O=S(=O)(O)CS(=O)(=O)O.[KH].[NaH]. The first-order chi connectivity index (χ1) is 3.71. The van der Waals surface area contributed by atoms with Gasteiger partial charge in [-0.2, -0.15) is 16.8 Å². The number of hydrogen-bond acceptors (Lipinski definition) is 4. The van der Waals surface area contributed by atoms with Crippen LogP contribution >= 0.6 is 0 Å². The van der Waals surface area contributed by atoms with Crippen molar-refractivity contribution >= 4 is 101 Å². The minimum absolute atomic E-state index is 0. The first-order valence-electron chi connectivity index (χ1n) is 1.61. The van der Waals surface area contributed by atoms with Gasteiger partial charge in [-0.1, -0.05) is 0 Å². The minimum atomic E-state index is -4.62. The summed E-state index contributed by atoms with van der Waals surface area (Å²) in [5, 5.41) is -1.65. The molecular formula is CH6KNaO6S2. The van der Waals surface area contributed by atoms with Crippen molar-refractivity contribution in [3.8, 4) is 0 Å². The van der Waals surface area contributed by atoms with Crippen molar-refractivity contribution in [1.29, 1.82) is 0 Å². The zero-order chi connectivity index (χ0) is 7.71. The quantitative estimate of drug-likeness (QED) is 0.405. The Balaban J connectivity index is -0.000000320. The van der Waals surface area contributed by atoms with Crippen LogP contribution in [0.4, 0.5) is 0 Å². The van der Waals surface area contributed by atoms with Gasteiger partial charge in [0.05, 0.1) is 0 Å². The normalized spacial score (nSPS) is 11.1. The molecule has 0 radical (unpaired) electrons. The van der Waals surface area contributed by atoms with E-state index in [1.54, 1.807) is 0 Å². The first kappa shape index (κ1) is 19.1. The van der Waals surface area contributed by atoms with Crippen LogP contribution in [0.5, 0.6) is 0 Å². The predicted octanol–water partition coefficient (Wildman–Crippen LogP) is -2.58. The van der Waals surface area contributed by atoms with Gasteiger partial charge in [0.25, 0.3) is 20.2 Å². The van der Waals surface area contributed by atoms with Gasteiger partial charge < -0.3 is 0 Å². The summed E-state index contributed by atoms with van der Waals surface area (Å²) < 4.78 is 54.2. The molecular weight excluding hydrogens is 234 g/mol. The molecule has 6 nitrogen and oxygen atoms in total. The van der Waals surface area contributed by atoms with Crippen molar-refractivity contribution < 1.29 is 25.9 Å². The predicted molar refractivity (Wildman–Crippen MR) is 42.3 cm³/mol. The summed E-state index contributed by atoms with van der Waals surface area (Å²) in [7, 11) is -9.24. The molecule has 0 aromatic carbocycles. The molecule has 0 atom stereocenters. The van der Waals surface area contributed by atoms with Gasteiger partial charge in [-0.05, 0) is 0 Å². The van der Waals surface area contributed by atoms with Gasteiger partial charge in [0.1, 0.15) is 0 Å². The fraction of sp³-hybridized carbons (Fsp3) is 1.00. The molecule has 0 fully saturated rings. The van der Waals surface area contributed by atoms with Gasteiger partial charge >= 0.3 is 80.9 Å². The molecule has 0 spiro atoms. The molecule has 60 valence electrons. The first-order valence-corrected chi connectivity index (χ1v) is 4.83. The van der Waals surface area contributed by atoms with Crippen molar-refractivity contribution in [3.05, 3.63) is 0 Å². The summed E-state index contributed by atoms with van der Waals surface area (Å²) in [6, 6.07) is 0. The van der Waals surface area contributed by atoms with Gasteiger partial charge in [0, 0.05) is 0 Å². The molecule has 0 aliphatic carbocycles. The van der Waals surface area contributed by atoms with Crippen LogP contribution in [0.15, 0.2) is 0 Å². The van der Waals surface area contributed by atoms with Crippen LogP contribution in [0.2, 0.25) is 0 Å². The second-order valence-corrected chi connectivity index (χ2v) is 4.55. The van der Waals surface area contributed by atoms with Gasteiger partial charge in [-0.25, -0.2) is 0 Å². The molecule has 0 aliphatic heterocycles. The molecule has 0 aliphatic rings. The van der Waals surface area contributed by atoms with Crippen molar-refractivity contribution in [2.75, 3.05) is 5.08 Å². The third-order valence-electron chi connectivity index (χ3n) is 0.298. The molecule has 0 aromatic rings. The molecule has 0 unspecified atom stereocenters.